The van der Waals surface area contributed by atoms with Gasteiger partial charge in [-0.2, -0.15) is 0 Å². The highest BCUT2D eigenvalue weighted by atomic mass is 28.3. The van der Waals surface area contributed by atoms with E-state index in [1.165, 1.54) is 0 Å². The number of hydrogen-bond donors (Lipinski definition) is 1. The predicted octanol–water partition coefficient (Wildman–Crippen LogP) is 2.04. The van der Waals surface area contributed by atoms with Crippen molar-refractivity contribution in [1.29, 1.82) is 0 Å². The molecule has 0 aliphatic rings. The van der Waals surface area contributed by atoms with E-state index in [2.05, 4.69) is 19.6 Å². The quantitative estimate of drug-likeness (QED) is 0.687. The number of methoxy groups -OCH3 is 1. The normalized spacial score (nSPS) is 20.2. The molecule has 0 rings (SSSR count). The van der Waals surface area contributed by atoms with E-state index in [1.54, 1.807) is 7.11 Å². The Labute approximate surface area is 76.9 Å². The van der Waals surface area contributed by atoms with Crippen molar-refractivity contribution in [3.63, 3.8) is 0 Å². The Morgan fingerprint density at radius 3 is 2.08 bits per heavy atom. The van der Waals surface area contributed by atoms with Gasteiger partial charge in [-0.3, -0.25) is 0 Å². The summed E-state index contributed by atoms with van der Waals surface area (Å²) in [6, 6.07) is 0. The first-order valence-electron chi connectivity index (χ1n) is 4.46. The van der Waals surface area contributed by atoms with E-state index in [-0.39, 0.29) is 6.10 Å². The van der Waals surface area contributed by atoms with Gasteiger partial charge in [-0.05, 0) is 20.3 Å². The molecule has 2 atom stereocenters. The second-order valence-corrected chi connectivity index (χ2v) is 10.4. The van der Waals surface area contributed by atoms with Crippen molar-refractivity contribution in [2.45, 2.75) is 51.2 Å². The van der Waals surface area contributed by atoms with Crippen molar-refractivity contribution in [3.8, 4) is 0 Å². The summed E-state index contributed by atoms with van der Waals surface area (Å²) in [5.74, 6) is 0. The minimum Gasteiger partial charge on any atom is -0.394 e. The lowest BCUT2D eigenvalue weighted by Crippen LogP contribution is -2.51. The summed E-state index contributed by atoms with van der Waals surface area (Å²) < 4.78 is 5.14. The van der Waals surface area contributed by atoms with Crippen LogP contribution in [0.25, 0.3) is 0 Å². The van der Waals surface area contributed by atoms with Gasteiger partial charge < -0.3 is 9.84 Å². The summed E-state index contributed by atoms with van der Waals surface area (Å²) in [7, 11) is 0.197. The van der Waals surface area contributed by atoms with Gasteiger partial charge in [0.15, 0.2) is 0 Å². The molecule has 0 radical (unpaired) electrons. The molecule has 0 aliphatic carbocycles. The molecule has 0 aliphatic heterocycles. The third-order valence-electron chi connectivity index (χ3n) is 2.70. The number of ether oxygens (including phenoxy) is 1. The molecule has 0 saturated carbocycles. The van der Waals surface area contributed by atoms with Crippen molar-refractivity contribution in [2.24, 2.45) is 0 Å². The maximum absolute atomic E-state index is 10.1. The smallest absolute Gasteiger partial charge is 0.0818 e. The SMILES string of the molecule is CO[C@H](C)C[C@](C)(O)[Si](C)(C)C. The van der Waals surface area contributed by atoms with Gasteiger partial charge in [-0.1, -0.05) is 19.6 Å². The summed E-state index contributed by atoms with van der Waals surface area (Å²) in [4.78, 5) is 0. The molecule has 0 spiro atoms. The first kappa shape index (κ1) is 12.1. The highest BCUT2D eigenvalue weighted by Crippen LogP contribution is 2.25. The van der Waals surface area contributed by atoms with Crippen molar-refractivity contribution in [3.05, 3.63) is 0 Å². The highest BCUT2D eigenvalue weighted by molar-refractivity contribution is 6.78. The molecule has 0 amide bonds. The van der Waals surface area contributed by atoms with E-state index >= 15 is 0 Å². The topological polar surface area (TPSA) is 29.5 Å². The van der Waals surface area contributed by atoms with E-state index < -0.39 is 13.3 Å². The summed E-state index contributed by atoms with van der Waals surface area (Å²) in [5, 5.41) is 9.61. The highest BCUT2D eigenvalue weighted by Gasteiger charge is 2.38. The van der Waals surface area contributed by atoms with Crippen molar-refractivity contribution in [1.82, 2.24) is 0 Å². The molecule has 74 valence electrons. The van der Waals surface area contributed by atoms with E-state index in [4.69, 9.17) is 4.74 Å². The van der Waals surface area contributed by atoms with Crippen LogP contribution in [0.5, 0.6) is 0 Å². The molecule has 2 nitrogen and oxygen atoms in total. The molecule has 0 bridgehead atoms. The Balaban J connectivity index is 4.22. The summed E-state index contributed by atoms with van der Waals surface area (Å²) in [6.07, 6.45) is 0.880. The van der Waals surface area contributed by atoms with Gasteiger partial charge in [0.05, 0.1) is 19.4 Å². The van der Waals surface area contributed by atoms with Gasteiger partial charge in [0.2, 0.25) is 0 Å². The Hall–Kier alpha value is 0.137. The zero-order chi connectivity index (χ0) is 9.99. The van der Waals surface area contributed by atoms with Gasteiger partial charge in [-0.15, -0.1) is 0 Å². The fourth-order valence-electron chi connectivity index (χ4n) is 0.949. The largest absolute Gasteiger partial charge is 0.394 e. The van der Waals surface area contributed by atoms with E-state index in [0.29, 0.717) is 0 Å². The van der Waals surface area contributed by atoms with Crippen LogP contribution in [0.4, 0.5) is 0 Å². The van der Waals surface area contributed by atoms with Crippen LogP contribution < -0.4 is 0 Å². The summed E-state index contributed by atoms with van der Waals surface area (Å²) in [6.45, 7) is 10.4. The van der Waals surface area contributed by atoms with Crippen molar-refractivity contribution >= 4 is 8.07 Å². The van der Waals surface area contributed by atoms with Gasteiger partial charge in [-0.25, -0.2) is 0 Å². The molecule has 0 saturated heterocycles. The van der Waals surface area contributed by atoms with Crippen molar-refractivity contribution < 1.29 is 9.84 Å². The number of hydrogen-bond acceptors (Lipinski definition) is 2. The van der Waals surface area contributed by atoms with Crippen LogP contribution in [-0.4, -0.2) is 31.6 Å². The fraction of sp³-hybridized carbons (Fsp3) is 1.00. The predicted molar refractivity (Wildman–Crippen MR) is 55.1 cm³/mol. The molecule has 3 heteroatoms. The average Bonchev–Trinajstić information content (AvgIpc) is 1.84. The van der Waals surface area contributed by atoms with Crippen LogP contribution in [-0.2, 0) is 4.74 Å². The maximum Gasteiger partial charge on any atom is 0.0818 e. The van der Waals surface area contributed by atoms with E-state index in [0.717, 1.165) is 6.42 Å². The lowest BCUT2D eigenvalue weighted by atomic mass is 10.2. The van der Waals surface area contributed by atoms with Crippen LogP contribution in [0.2, 0.25) is 19.6 Å². The first-order chi connectivity index (χ1) is 5.20. The third kappa shape index (κ3) is 3.25. The van der Waals surface area contributed by atoms with E-state index in [9.17, 15) is 5.11 Å². The summed E-state index contributed by atoms with van der Waals surface area (Å²) >= 11 is 0. The van der Waals surface area contributed by atoms with Gasteiger partial charge in [0.25, 0.3) is 0 Å². The fourth-order valence-corrected chi connectivity index (χ4v) is 1.85. The van der Waals surface area contributed by atoms with Crippen LogP contribution >= 0.6 is 0 Å². The molecular weight excluding hydrogens is 168 g/mol. The van der Waals surface area contributed by atoms with Gasteiger partial charge >= 0.3 is 0 Å². The average molecular weight is 190 g/mol. The molecule has 0 unspecified atom stereocenters. The van der Waals surface area contributed by atoms with Crippen molar-refractivity contribution in [2.75, 3.05) is 7.11 Å². The maximum atomic E-state index is 10.1. The number of aliphatic hydroxyl groups is 1. The molecule has 0 aromatic rings. The zero-order valence-corrected chi connectivity index (χ0v) is 10.1. The van der Waals surface area contributed by atoms with Crippen LogP contribution in [0.1, 0.15) is 20.3 Å². The van der Waals surface area contributed by atoms with Gasteiger partial charge in [0, 0.05) is 7.11 Å². The molecule has 1 N–H and O–H groups in total. The van der Waals surface area contributed by atoms with E-state index in [1.807, 2.05) is 13.8 Å². The minimum absolute atomic E-state index is 0.145. The Morgan fingerprint density at radius 2 is 1.83 bits per heavy atom. The van der Waals surface area contributed by atoms with Crippen LogP contribution in [0.15, 0.2) is 0 Å². The Morgan fingerprint density at radius 1 is 1.42 bits per heavy atom. The zero-order valence-electron chi connectivity index (χ0n) is 9.14. The minimum atomic E-state index is -1.49. The molecule has 0 heterocycles. The molecule has 0 fully saturated rings. The monoisotopic (exact) mass is 190 g/mol. The second kappa shape index (κ2) is 3.90. The first-order valence-corrected chi connectivity index (χ1v) is 7.96. The lowest BCUT2D eigenvalue weighted by Gasteiger charge is -2.37. The molecule has 0 aromatic heterocycles. The second-order valence-electron chi connectivity index (χ2n) is 4.77. The third-order valence-corrected chi connectivity index (χ3v) is 6.14. The lowest BCUT2D eigenvalue weighted by molar-refractivity contribution is 0.0375. The summed E-state index contributed by atoms with van der Waals surface area (Å²) in [5.41, 5.74) is 0. The standard InChI is InChI=1S/C9H22O2Si/c1-8(11-3)7-9(2,10)12(4,5)6/h8,10H,7H2,1-6H3/t8-,9-/m1/s1. The molecule has 0 aromatic carbocycles. The molecule has 12 heavy (non-hydrogen) atoms. The molecular formula is C9H22O2Si. The Kier molecular flexibility index (Phi) is 3.94. The van der Waals surface area contributed by atoms with Gasteiger partial charge in [0.1, 0.15) is 0 Å². The Bertz CT molecular complexity index is 138. The van der Waals surface area contributed by atoms with Crippen LogP contribution in [0.3, 0.4) is 0 Å². The number of rotatable bonds is 4. The van der Waals surface area contributed by atoms with Crippen LogP contribution in [0, 0.1) is 0 Å².